The van der Waals surface area contributed by atoms with Crippen molar-refractivity contribution in [3.05, 3.63) is 65.0 Å². The lowest BCUT2D eigenvalue weighted by Crippen LogP contribution is -2.16. The summed E-state index contributed by atoms with van der Waals surface area (Å²) in [7, 11) is 0. The molecule has 1 aliphatic rings. The largest absolute Gasteiger partial charge is 0.573 e. The zero-order valence-corrected chi connectivity index (χ0v) is 13.8. The molecule has 0 atom stereocenters. The zero-order chi connectivity index (χ0) is 18.0. The number of fused-ring (bicyclic) bond motifs is 1. The molecule has 3 rings (SSSR count). The standard InChI is InChI=1S/C20H18F4O/c1-2-3-13-4-10-18-15(12-13)7-11-17(19(18)21)14-5-8-16(9-6-14)25-20(22,23)24/h4-9,11H,2-3,10,12H2,1H3. The maximum atomic E-state index is 14.9. The second-order valence-corrected chi connectivity index (χ2v) is 6.13. The number of rotatable bonds is 4. The molecule has 0 bridgehead atoms. The number of benzene rings is 2. The fraction of sp³-hybridized carbons (Fsp3) is 0.300. The van der Waals surface area contributed by atoms with Gasteiger partial charge in [0.25, 0.3) is 0 Å². The van der Waals surface area contributed by atoms with Crippen LogP contribution in [0.2, 0.25) is 0 Å². The SMILES string of the molecule is CCCC1=CCc2c(ccc(-c3ccc(OC(F)(F)F)cc3)c2F)C1. The molecule has 25 heavy (non-hydrogen) atoms. The highest BCUT2D eigenvalue weighted by molar-refractivity contribution is 5.67. The van der Waals surface area contributed by atoms with Crippen molar-refractivity contribution in [2.75, 3.05) is 0 Å². The van der Waals surface area contributed by atoms with Crippen LogP contribution in [0.3, 0.4) is 0 Å². The summed E-state index contributed by atoms with van der Waals surface area (Å²) in [6.07, 6.45) is 0.746. The molecule has 2 aromatic rings. The number of allylic oxidation sites excluding steroid dienone is 2. The second kappa shape index (κ2) is 6.90. The van der Waals surface area contributed by atoms with Crippen LogP contribution < -0.4 is 4.74 Å². The molecule has 0 radical (unpaired) electrons. The smallest absolute Gasteiger partial charge is 0.406 e. The molecular formula is C20H18F4O. The summed E-state index contributed by atoms with van der Waals surface area (Å²) in [4.78, 5) is 0. The third kappa shape index (κ3) is 4.03. The van der Waals surface area contributed by atoms with E-state index in [9.17, 15) is 17.6 Å². The summed E-state index contributed by atoms with van der Waals surface area (Å²) in [5, 5.41) is 0. The molecule has 0 aliphatic heterocycles. The van der Waals surface area contributed by atoms with Crippen LogP contribution >= 0.6 is 0 Å². The predicted octanol–water partition coefficient (Wildman–Crippen LogP) is 6.22. The van der Waals surface area contributed by atoms with Gasteiger partial charge in [-0.2, -0.15) is 0 Å². The number of hydrogen-bond acceptors (Lipinski definition) is 1. The molecule has 0 aromatic heterocycles. The summed E-state index contributed by atoms with van der Waals surface area (Å²) in [6.45, 7) is 2.12. The fourth-order valence-corrected chi connectivity index (χ4v) is 3.18. The summed E-state index contributed by atoms with van der Waals surface area (Å²) in [6, 6.07) is 8.88. The van der Waals surface area contributed by atoms with E-state index in [2.05, 4.69) is 17.7 Å². The maximum absolute atomic E-state index is 14.9. The Balaban J connectivity index is 1.86. The van der Waals surface area contributed by atoms with Gasteiger partial charge in [-0.3, -0.25) is 0 Å². The highest BCUT2D eigenvalue weighted by atomic mass is 19.4. The van der Waals surface area contributed by atoms with Gasteiger partial charge < -0.3 is 4.74 Å². The molecule has 0 N–H and O–H groups in total. The third-order valence-electron chi connectivity index (χ3n) is 4.32. The first-order valence-corrected chi connectivity index (χ1v) is 8.21. The van der Waals surface area contributed by atoms with E-state index in [1.165, 1.54) is 29.8 Å². The topological polar surface area (TPSA) is 9.23 Å². The first-order chi connectivity index (χ1) is 11.9. The molecule has 1 aliphatic carbocycles. The molecule has 0 amide bonds. The van der Waals surface area contributed by atoms with Gasteiger partial charge >= 0.3 is 6.36 Å². The summed E-state index contributed by atoms with van der Waals surface area (Å²) in [5.41, 5.74) is 3.91. The molecule has 1 nitrogen and oxygen atoms in total. The van der Waals surface area contributed by atoms with Crippen LogP contribution in [0.5, 0.6) is 5.75 Å². The Kier molecular flexibility index (Phi) is 4.84. The molecule has 5 heteroatoms. The Morgan fingerprint density at radius 1 is 1.04 bits per heavy atom. The lowest BCUT2D eigenvalue weighted by Gasteiger charge is -2.19. The Hall–Kier alpha value is -2.30. The highest BCUT2D eigenvalue weighted by Crippen LogP contribution is 2.33. The molecule has 0 unspecified atom stereocenters. The van der Waals surface area contributed by atoms with E-state index < -0.39 is 6.36 Å². The van der Waals surface area contributed by atoms with Gasteiger partial charge in [-0.25, -0.2) is 4.39 Å². The molecule has 0 heterocycles. The molecular weight excluding hydrogens is 332 g/mol. The van der Waals surface area contributed by atoms with E-state index in [1.54, 1.807) is 6.07 Å². The summed E-state index contributed by atoms with van der Waals surface area (Å²) >= 11 is 0. The van der Waals surface area contributed by atoms with Crippen LogP contribution in [0.25, 0.3) is 11.1 Å². The van der Waals surface area contributed by atoms with Crippen molar-refractivity contribution < 1.29 is 22.3 Å². The normalized spacial score (nSPS) is 14.0. The monoisotopic (exact) mass is 350 g/mol. The van der Waals surface area contributed by atoms with Crippen LogP contribution in [0.15, 0.2) is 48.0 Å². The number of halogens is 4. The molecule has 0 spiro atoms. The lowest BCUT2D eigenvalue weighted by atomic mass is 9.87. The van der Waals surface area contributed by atoms with Crippen molar-refractivity contribution >= 4 is 0 Å². The molecule has 0 saturated carbocycles. The van der Waals surface area contributed by atoms with E-state index in [0.29, 0.717) is 23.1 Å². The average molecular weight is 350 g/mol. The van der Waals surface area contributed by atoms with E-state index in [-0.39, 0.29) is 11.6 Å². The molecule has 132 valence electrons. The summed E-state index contributed by atoms with van der Waals surface area (Å²) in [5.74, 6) is -0.615. The first kappa shape index (κ1) is 17.5. The Labute approximate surface area is 143 Å². The van der Waals surface area contributed by atoms with Gasteiger partial charge in [0.1, 0.15) is 11.6 Å². The van der Waals surface area contributed by atoms with Gasteiger partial charge in [-0.05, 0) is 48.1 Å². The van der Waals surface area contributed by atoms with Crippen LogP contribution in [-0.4, -0.2) is 6.36 Å². The van der Waals surface area contributed by atoms with Crippen molar-refractivity contribution in [1.82, 2.24) is 0 Å². The quantitative estimate of drug-likeness (QED) is 0.470. The van der Waals surface area contributed by atoms with Gasteiger partial charge in [0.05, 0.1) is 0 Å². The van der Waals surface area contributed by atoms with E-state index in [1.807, 2.05) is 6.07 Å². The maximum Gasteiger partial charge on any atom is 0.573 e. The second-order valence-electron chi connectivity index (χ2n) is 6.13. The minimum Gasteiger partial charge on any atom is -0.406 e. The minimum absolute atomic E-state index is 0.297. The van der Waals surface area contributed by atoms with Crippen LogP contribution in [-0.2, 0) is 12.8 Å². The van der Waals surface area contributed by atoms with Crippen molar-refractivity contribution in [2.45, 2.75) is 39.0 Å². The Bertz CT molecular complexity index is 789. The zero-order valence-electron chi connectivity index (χ0n) is 13.8. The first-order valence-electron chi connectivity index (χ1n) is 8.21. The Morgan fingerprint density at radius 2 is 1.76 bits per heavy atom. The minimum atomic E-state index is -4.74. The van der Waals surface area contributed by atoms with Gasteiger partial charge in [-0.1, -0.05) is 49.3 Å². The van der Waals surface area contributed by atoms with Gasteiger partial charge in [0, 0.05) is 5.56 Å². The van der Waals surface area contributed by atoms with Gasteiger partial charge in [0.2, 0.25) is 0 Å². The number of alkyl halides is 3. The van der Waals surface area contributed by atoms with Crippen LogP contribution in [0.4, 0.5) is 17.6 Å². The third-order valence-corrected chi connectivity index (χ3v) is 4.32. The van der Waals surface area contributed by atoms with E-state index in [0.717, 1.165) is 24.8 Å². The number of hydrogen-bond donors (Lipinski definition) is 0. The number of ether oxygens (including phenoxy) is 1. The molecule has 0 saturated heterocycles. The van der Waals surface area contributed by atoms with Crippen molar-refractivity contribution in [3.63, 3.8) is 0 Å². The highest BCUT2D eigenvalue weighted by Gasteiger charge is 2.31. The average Bonchev–Trinajstić information content (AvgIpc) is 2.55. The predicted molar refractivity (Wildman–Crippen MR) is 88.9 cm³/mol. The van der Waals surface area contributed by atoms with Crippen LogP contribution in [0.1, 0.15) is 30.9 Å². The lowest BCUT2D eigenvalue weighted by molar-refractivity contribution is -0.274. The van der Waals surface area contributed by atoms with Crippen molar-refractivity contribution in [2.24, 2.45) is 0 Å². The van der Waals surface area contributed by atoms with Gasteiger partial charge in [0.15, 0.2) is 0 Å². The van der Waals surface area contributed by atoms with Crippen LogP contribution in [0, 0.1) is 5.82 Å². The van der Waals surface area contributed by atoms with Crippen molar-refractivity contribution in [3.8, 4) is 16.9 Å². The van der Waals surface area contributed by atoms with E-state index in [4.69, 9.17) is 0 Å². The Morgan fingerprint density at radius 3 is 2.40 bits per heavy atom. The fourth-order valence-electron chi connectivity index (χ4n) is 3.18. The molecule has 2 aromatic carbocycles. The van der Waals surface area contributed by atoms with Gasteiger partial charge in [-0.15, -0.1) is 13.2 Å². The van der Waals surface area contributed by atoms with E-state index >= 15 is 0 Å². The molecule has 0 fully saturated rings. The van der Waals surface area contributed by atoms with Crippen molar-refractivity contribution in [1.29, 1.82) is 0 Å². The summed E-state index contributed by atoms with van der Waals surface area (Å²) < 4.78 is 55.4.